The molecule has 1 aromatic carbocycles. The molecule has 0 radical (unpaired) electrons. The Kier molecular flexibility index (Phi) is 4.65. The summed E-state index contributed by atoms with van der Waals surface area (Å²) in [4.78, 5) is 17.7. The Balaban J connectivity index is 1.25. The van der Waals surface area contributed by atoms with Crippen LogP contribution in [0.25, 0.3) is 17.1 Å². The van der Waals surface area contributed by atoms with E-state index in [2.05, 4.69) is 35.9 Å². The molecular weight excluding hydrogens is 390 g/mol. The average molecular weight is 410 g/mol. The molecule has 0 N–H and O–H groups in total. The van der Waals surface area contributed by atoms with Crippen LogP contribution < -0.4 is 4.90 Å². The van der Waals surface area contributed by atoms with Gasteiger partial charge in [0.2, 0.25) is 5.89 Å². The second-order valence-corrected chi connectivity index (χ2v) is 7.56. The van der Waals surface area contributed by atoms with Crippen molar-refractivity contribution in [2.24, 2.45) is 0 Å². The molecule has 4 aromatic rings. The normalized spacial score (nSPS) is 15.3. The molecule has 0 bridgehead atoms. The summed E-state index contributed by atoms with van der Waals surface area (Å²) in [6.45, 7) is 6.26. The smallest absolute Gasteiger partial charge is 0.254 e. The Hall–Kier alpha value is -2.97. The third-order valence-corrected chi connectivity index (χ3v) is 5.31. The van der Waals surface area contributed by atoms with Crippen molar-refractivity contribution in [2.75, 3.05) is 31.1 Å². The molecule has 1 fully saturated rings. The maximum atomic E-state index is 6.07. The second kappa shape index (κ2) is 7.46. The molecule has 0 spiro atoms. The standard InChI is InChI=1S/C20H20ClN7O/c1-14-9-19(28-20(25-14)23-13-24-28)27-7-5-26(6-8-27)12-18-22-11-17(29-18)15-3-2-4-16(21)10-15/h2-4,9-11,13H,5-8,12H2,1H3. The topological polar surface area (TPSA) is 75.6 Å². The number of aryl methyl sites for hydroxylation is 1. The van der Waals surface area contributed by atoms with E-state index in [0.29, 0.717) is 23.2 Å². The largest absolute Gasteiger partial charge is 0.439 e. The summed E-state index contributed by atoms with van der Waals surface area (Å²) in [5.74, 6) is 3.12. The summed E-state index contributed by atoms with van der Waals surface area (Å²) < 4.78 is 7.75. The molecule has 0 amide bonds. The molecule has 148 valence electrons. The first-order valence-electron chi connectivity index (χ1n) is 9.51. The summed E-state index contributed by atoms with van der Waals surface area (Å²) in [5, 5.41) is 5.00. The third-order valence-electron chi connectivity index (χ3n) is 5.08. The molecule has 4 heterocycles. The van der Waals surface area contributed by atoms with Crippen LogP contribution >= 0.6 is 11.6 Å². The first-order chi connectivity index (χ1) is 14.2. The molecule has 5 rings (SSSR count). The van der Waals surface area contributed by atoms with Crippen molar-refractivity contribution in [1.82, 2.24) is 29.5 Å². The summed E-state index contributed by atoms with van der Waals surface area (Å²) in [5.41, 5.74) is 1.88. The molecule has 0 atom stereocenters. The van der Waals surface area contributed by atoms with Gasteiger partial charge in [0.05, 0.1) is 12.7 Å². The van der Waals surface area contributed by atoms with Crippen molar-refractivity contribution in [3.05, 3.63) is 59.5 Å². The molecule has 1 saturated heterocycles. The fraction of sp³-hybridized carbons (Fsp3) is 0.300. The van der Waals surface area contributed by atoms with Gasteiger partial charge in [-0.25, -0.2) is 9.97 Å². The summed E-state index contributed by atoms with van der Waals surface area (Å²) >= 11 is 6.07. The quantitative estimate of drug-likeness (QED) is 0.512. The van der Waals surface area contributed by atoms with Gasteiger partial charge in [-0.1, -0.05) is 23.7 Å². The monoisotopic (exact) mass is 409 g/mol. The zero-order chi connectivity index (χ0) is 19.8. The fourth-order valence-electron chi connectivity index (χ4n) is 3.62. The van der Waals surface area contributed by atoms with Crippen LogP contribution in [0.15, 0.2) is 47.3 Å². The summed E-state index contributed by atoms with van der Waals surface area (Å²) in [6.07, 6.45) is 3.31. The van der Waals surface area contributed by atoms with Crippen molar-refractivity contribution < 1.29 is 4.42 Å². The van der Waals surface area contributed by atoms with Gasteiger partial charge < -0.3 is 9.32 Å². The van der Waals surface area contributed by atoms with Gasteiger partial charge >= 0.3 is 0 Å². The Labute approximate surface area is 172 Å². The van der Waals surface area contributed by atoms with Gasteiger partial charge in [0.15, 0.2) is 5.76 Å². The first kappa shape index (κ1) is 18.1. The maximum Gasteiger partial charge on any atom is 0.254 e. The van der Waals surface area contributed by atoms with E-state index in [4.69, 9.17) is 16.0 Å². The number of piperazine rings is 1. The highest BCUT2D eigenvalue weighted by atomic mass is 35.5. The zero-order valence-corrected chi connectivity index (χ0v) is 16.7. The molecular formula is C20H20ClN7O. The lowest BCUT2D eigenvalue weighted by atomic mass is 10.2. The van der Waals surface area contributed by atoms with E-state index in [1.807, 2.05) is 31.2 Å². The molecule has 0 saturated carbocycles. The number of hydrogen-bond donors (Lipinski definition) is 0. The van der Waals surface area contributed by atoms with Crippen LogP contribution in [-0.2, 0) is 6.54 Å². The van der Waals surface area contributed by atoms with E-state index >= 15 is 0 Å². The number of benzene rings is 1. The van der Waals surface area contributed by atoms with Gasteiger partial charge in [0, 0.05) is 48.5 Å². The van der Waals surface area contributed by atoms with Crippen molar-refractivity contribution in [1.29, 1.82) is 0 Å². The molecule has 1 aliphatic rings. The molecule has 1 aliphatic heterocycles. The van der Waals surface area contributed by atoms with Gasteiger partial charge in [-0.2, -0.15) is 14.6 Å². The third kappa shape index (κ3) is 3.68. The Morgan fingerprint density at radius 2 is 1.97 bits per heavy atom. The van der Waals surface area contributed by atoms with Gasteiger partial charge in [-0.15, -0.1) is 0 Å². The molecule has 9 heteroatoms. The SMILES string of the molecule is Cc1cc(N2CCN(Cc3ncc(-c4cccc(Cl)c4)o3)CC2)n2ncnc2n1. The number of anilines is 1. The number of nitrogens with zero attached hydrogens (tertiary/aromatic N) is 7. The highest BCUT2D eigenvalue weighted by Crippen LogP contribution is 2.24. The number of oxazole rings is 1. The van der Waals surface area contributed by atoms with E-state index in [9.17, 15) is 0 Å². The van der Waals surface area contributed by atoms with Gasteiger partial charge in [-0.05, 0) is 19.1 Å². The van der Waals surface area contributed by atoms with Crippen LogP contribution in [-0.4, -0.2) is 55.6 Å². The lowest BCUT2D eigenvalue weighted by Crippen LogP contribution is -2.46. The Morgan fingerprint density at radius 3 is 2.79 bits per heavy atom. The van der Waals surface area contributed by atoms with Crippen LogP contribution in [0.3, 0.4) is 0 Å². The molecule has 3 aromatic heterocycles. The molecule has 0 aliphatic carbocycles. The van der Waals surface area contributed by atoms with Crippen molar-refractivity contribution in [3.8, 4) is 11.3 Å². The van der Waals surface area contributed by atoms with Crippen LogP contribution in [0, 0.1) is 6.92 Å². The molecule has 8 nitrogen and oxygen atoms in total. The van der Waals surface area contributed by atoms with Crippen LogP contribution in [0.5, 0.6) is 0 Å². The number of hydrogen-bond acceptors (Lipinski definition) is 7. The minimum atomic E-state index is 0.635. The van der Waals surface area contributed by atoms with E-state index in [1.165, 1.54) is 0 Å². The molecule has 0 unspecified atom stereocenters. The Bertz CT molecular complexity index is 1150. The van der Waals surface area contributed by atoms with E-state index in [-0.39, 0.29) is 0 Å². The zero-order valence-electron chi connectivity index (χ0n) is 16.0. The second-order valence-electron chi connectivity index (χ2n) is 7.12. The number of rotatable bonds is 4. The van der Waals surface area contributed by atoms with Crippen molar-refractivity contribution >= 4 is 23.2 Å². The lowest BCUT2D eigenvalue weighted by molar-refractivity contribution is 0.226. The molecule has 29 heavy (non-hydrogen) atoms. The minimum absolute atomic E-state index is 0.635. The maximum absolute atomic E-state index is 6.07. The van der Waals surface area contributed by atoms with Gasteiger partial charge in [-0.3, -0.25) is 4.90 Å². The average Bonchev–Trinajstić information content (AvgIpc) is 3.37. The highest BCUT2D eigenvalue weighted by Gasteiger charge is 2.21. The van der Waals surface area contributed by atoms with E-state index in [0.717, 1.165) is 49.0 Å². The first-order valence-corrected chi connectivity index (χ1v) is 9.89. The lowest BCUT2D eigenvalue weighted by Gasteiger charge is -2.35. The van der Waals surface area contributed by atoms with Crippen LogP contribution in [0.1, 0.15) is 11.6 Å². The number of halogens is 1. The van der Waals surface area contributed by atoms with Crippen LogP contribution in [0.2, 0.25) is 5.02 Å². The number of aromatic nitrogens is 5. The van der Waals surface area contributed by atoms with Crippen molar-refractivity contribution in [2.45, 2.75) is 13.5 Å². The van der Waals surface area contributed by atoms with E-state index in [1.54, 1.807) is 17.0 Å². The fourth-order valence-corrected chi connectivity index (χ4v) is 3.81. The van der Waals surface area contributed by atoms with Crippen molar-refractivity contribution in [3.63, 3.8) is 0 Å². The predicted molar refractivity (Wildman–Crippen MR) is 110 cm³/mol. The van der Waals surface area contributed by atoms with Gasteiger partial charge in [0.1, 0.15) is 12.1 Å². The Morgan fingerprint density at radius 1 is 1.10 bits per heavy atom. The summed E-state index contributed by atoms with van der Waals surface area (Å²) in [7, 11) is 0. The minimum Gasteiger partial charge on any atom is -0.439 e. The van der Waals surface area contributed by atoms with Gasteiger partial charge in [0.25, 0.3) is 5.78 Å². The number of fused-ring (bicyclic) bond motifs is 1. The predicted octanol–water partition coefficient (Wildman–Crippen LogP) is 3.06. The van der Waals surface area contributed by atoms with E-state index < -0.39 is 0 Å². The highest BCUT2D eigenvalue weighted by molar-refractivity contribution is 6.30. The van der Waals surface area contributed by atoms with Crippen LogP contribution in [0.4, 0.5) is 5.82 Å². The summed E-state index contributed by atoms with van der Waals surface area (Å²) in [6, 6.07) is 9.66.